The number of amides is 1. The van der Waals surface area contributed by atoms with E-state index in [1.807, 2.05) is 0 Å². The van der Waals surface area contributed by atoms with Crippen LogP contribution in [0.3, 0.4) is 0 Å². The van der Waals surface area contributed by atoms with Crippen LogP contribution < -0.4 is 10.1 Å². The number of carbonyl (C=O) groups excluding carboxylic acids is 1. The van der Waals surface area contributed by atoms with Crippen molar-refractivity contribution in [1.82, 2.24) is 9.88 Å². The molecule has 1 aromatic rings. The summed E-state index contributed by atoms with van der Waals surface area (Å²) in [6, 6.07) is 0.475. The van der Waals surface area contributed by atoms with Gasteiger partial charge in [-0.15, -0.1) is 23.7 Å². The molecule has 1 heterocycles. The molecule has 30 heavy (non-hydrogen) atoms. The van der Waals surface area contributed by atoms with E-state index >= 15 is 0 Å². The largest absolute Gasteiger partial charge is 0.350 e. The van der Waals surface area contributed by atoms with Crippen molar-refractivity contribution in [2.24, 2.45) is 22.7 Å². The van der Waals surface area contributed by atoms with E-state index in [1.165, 1.54) is 77.0 Å². The fourth-order valence-electron chi connectivity index (χ4n) is 7.26. The summed E-state index contributed by atoms with van der Waals surface area (Å²) in [5.74, 6) is 2.84. The zero-order chi connectivity index (χ0) is 19.8. The van der Waals surface area contributed by atoms with Gasteiger partial charge in [-0.2, -0.15) is 0 Å². The molecule has 0 atom stereocenters. The van der Waals surface area contributed by atoms with Crippen molar-refractivity contribution in [3.63, 3.8) is 0 Å². The van der Waals surface area contributed by atoms with Crippen molar-refractivity contribution in [1.29, 1.82) is 0 Å². The topological polar surface area (TPSA) is 46.4 Å². The number of nitrogens with one attached hydrogen (secondary N) is 1. The summed E-state index contributed by atoms with van der Waals surface area (Å²) < 4.78 is 2.29. The predicted octanol–water partition coefficient (Wildman–Crippen LogP) is 5.24. The van der Waals surface area contributed by atoms with E-state index < -0.39 is 0 Å². The highest BCUT2D eigenvalue weighted by Gasteiger charge is 2.51. The molecule has 0 radical (unpaired) electrons. The first-order chi connectivity index (χ1) is 14.1. The molecule has 168 valence electrons. The van der Waals surface area contributed by atoms with Crippen LogP contribution in [0.4, 0.5) is 0 Å². The Labute approximate surface area is 191 Å². The molecule has 4 bridgehead atoms. The molecule has 6 heteroatoms. The quantitative estimate of drug-likeness (QED) is 0.611. The molecule has 1 amide bonds. The number of aromatic nitrogens is 1. The summed E-state index contributed by atoms with van der Waals surface area (Å²) in [5, 5.41) is 5.72. The molecule has 0 saturated heterocycles. The van der Waals surface area contributed by atoms with Crippen LogP contribution >= 0.6 is 23.7 Å². The SMILES string of the molecule is CCn1c(CC(=O)NC23CC4CC(CC(C4)C2)C3)csc1=NC1CCCCCC1.Cl. The lowest BCUT2D eigenvalue weighted by Crippen LogP contribution is -2.60. The second-order valence-electron chi connectivity index (χ2n) is 10.5. The summed E-state index contributed by atoms with van der Waals surface area (Å²) in [7, 11) is 0. The van der Waals surface area contributed by atoms with Gasteiger partial charge in [0.1, 0.15) is 0 Å². The summed E-state index contributed by atoms with van der Waals surface area (Å²) in [4.78, 5) is 19.3. The Balaban J connectivity index is 0.00000218. The molecule has 0 unspecified atom stereocenters. The Morgan fingerprint density at radius 1 is 1.10 bits per heavy atom. The number of hydrogen-bond acceptors (Lipinski definition) is 3. The minimum Gasteiger partial charge on any atom is -0.350 e. The maximum atomic E-state index is 13.1. The molecule has 6 rings (SSSR count). The van der Waals surface area contributed by atoms with Crippen LogP contribution in [0.15, 0.2) is 10.4 Å². The number of rotatable bonds is 5. The molecule has 1 N–H and O–H groups in total. The zero-order valence-corrected chi connectivity index (χ0v) is 20.0. The summed E-state index contributed by atoms with van der Waals surface area (Å²) in [6.45, 7) is 3.08. The van der Waals surface area contributed by atoms with Crippen molar-refractivity contribution in [2.75, 3.05) is 0 Å². The predicted molar refractivity (Wildman–Crippen MR) is 125 cm³/mol. The van der Waals surface area contributed by atoms with Crippen molar-refractivity contribution in [3.8, 4) is 0 Å². The van der Waals surface area contributed by atoms with E-state index in [-0.39, 0.29) is 23.9 Å². The van der Waals surface area contributed by atoms with Crippen LogP contribution in [-0.2, 0) is 17.8 Å². The summed E-state index contributed by atoms with van der Waals surface area (Å²) in [6.07, 6.45) is 16.2. The molecule has 5 fully saturated rings. The Hall–Kier alpha value is -0.810. The van der Waals surface area contributed by atoms with Gasteiger partial charge < -0.3 is 9.88 Å². The smallest absolute Gasteiger partial charge is 0.226 e. The molecule has 0 spiro atoms. The van der Waals surface area contributed by atoms with Crippen LogP contribution in [0.5, 0.6) is 0 Å². The maximum absolute atomic E-state index is 13.1. The molecular formula is C24H38ClN3OS. The average Bonchev–Trinajstić information content (AvgIpc) is 2.85. The van der Waals surface area contributed by atoms with Crippen molar-refractivity contribution in [2.45, 2.75) is 109 Å². The fourth-order valence-corrected chi connectivity index (χ4v) is 8.29. The zero-order valence-electron chi connectivity index (χ0n) is 18.4. The van der Waals surface area contributed by atoms with Crippen LogP contribution in [-0.4, -0.2) is 22.1 Å². The second-order valence-corrected chi connectivity index (χ2v) is 11.3. The van der Waals surface area contributed by atoms with Gasteiger partial charge >= 0.3 is 0 Å². The first-order valence-electron chi connectivity index (χ1n) is 12.1. The van der Waals surface area contributed by atoms with Gasteiger partial charge in [0.2, 0.25) is 5.91 Å². The lowest BCUT2D eigenvalue weighted by molar-refractivity contribution is -0.126. The third kappa shape index (κ3) is 4.67. The second kappa shape index (κ2) is 9.36. The summed E-state index contributed by atoms with van der Waals surface area (Å²) in [5.41, 5.74) is 1.26. The highest BCUT2D eigenvalue weighted by atomic mass is 35.5. The molecular weight excluding hydrogens is 414 g/mol. The molecule has 4 nitrogen and oxygen atoms in total. The van der Waals surface area contributed by atoms with E-state index in [1.54, 1.807) is 11.3 Å². The average molecular weight is 452 g/mol. The van der Waals surface area contributed by atoms with E-state index in [2.05, 4.69) is 22.2 Å². The molecule has 5 saturated carbocycles. The highest BCUT2D eigenvalue weighted by molar-refractivity contribution is 7.07. The Morgan fingerprint density at radius 2 is 1.70 bits per heavy atom. The molecule has 5 aliphatic carbocycles. The first-order valence-corrected chi connectivity index (χ1v) is 13.0. The van der Waals surface area contributed by atoms with E-state index in [0.717, 1.165) is 34.8 Å². The van der Waals surface area contributed by atoms with Crippen molar-refractivity contribution in [3.05, 3.63) is 15.9 Å². The Bertz CT molecular complexity index is 770. The van der Waals surface area contributed by atoms with Gasteiger partial charge in [0.25, 0.3) is 0 Å². The van der Waals surface area contributed by atoms with Gasteiger partial charge in [-0.25, -0.2) is 0 Å². The number of halogens is 1. The number of nitrogens with zero attached hydrogens (tertiary/aromatic N) is 2. The Morgan fingerprint density at radius 3 is 2.27 bits per heavy atom. The van der Waals surface area contributed by atoms with E-state index in [0.29, 0.717) is 12.5 Å². The maximum Gasteiger partial charge on any atom is 0.226 e. The third-order valence-corrected chi connectivity index (χ3v) is 9.02. The third-order valence-electron chi connectivity index (χ3n) is 8.10. The first kappa shape index (κ1) is 22.4. The standard InChI is InChI=1S/C24H37N3OS.ClH/c1-2-27-21(16-29-23(27)25-20-7-5-3-4-6-8-20)12-22(28)26-24-13-17-9-18(14-24)11-19(10-17)15-24;/h16-20H,2-15H2,1H3,(H,26,28);1H. The van der Waals surface area contributed by atoms with Crippen molar-refractivity contribution < 1.29 is 4.79 Å². The van der Waals surface area contributed by atoms with Crippen LogP contribution in [0.25, 0.3) is 0 Å². The minimum atomic E-state index is 0. The highest BCUT2D eigenvalue weighted by Crippen LogP contribution is 2.55. The number of hydrogen-bond donors (Lipinski definition) is 1. The summed E-state index contributed by atoms with van der Waals surface area (Å²) >= 11 is 1.73. The fraction of sp³-hybridized carbons (Fsp3) is 0.833. The van der Waals surface area contributed by atoms with Crippen LogP contribution in [0.1, 0.15) is 89.7 Å². The minimum absolute atomic E-state index is 0. The lowest BCUT2D eigenvalue weighted by Gasteiger charge is -2.56. The van der Waals surface area contributed by atoms with Crippen molar-refractivity contribution >= 4 is 29.7 Å². The number of carbonyl (C=O) groups is 1. The van der Waals surface area contributed by atoms with Gasteiger partial charge in [-0.1, -0.05) is 25.7 Å². The molecule has 5 aliphatic rings. The molecule has 1 aromatic heterocycles. The number of thiazole rings is 1. The van der Waals surface area contributed by atoms with Crippen LogP contribution in [0, 0.1) is 17.8 Å². The van der Waals surface area contributed by atoms with Gasteiger partial charge in [0.05, 0.1) is 12.5 Å². The van der Waals surface area contributed by atoms with Gasteiger partial charge in [0, 0.05) is 23.2 Å². The normalized spacial score (nSPS) is 33.9. The van der Waals surface area contributed by atoms with E-state index in [9.17, 15) is 4.79 Å². The van der Waals surface area contributed by atoms with Gasteiger partial charge in [-0.3, -0.25) is 9.79 Å². The Kier molecular flexibility index (Phi) is 6.98. The van der Waals surface area contributed by atoms with E-state index in [4.69, 9.17) is 4.99 Å². The lowest BCUT2D eigenvalue weighted by atomic mass is 9.53. The van der Waals surface area contributed by atoms with Crippen LogP contribution in [0.2, 0.25) is 0 Å². The van der Waals surface area contributed by atoms with Gasteiger partial charge in [0.15, 0.2) is 4.80 Å². The molecule has 0 aliphatic heterocycles. The molecule has 0 aromatic carbocycles. The monoisotopic (exact) mass is 451 g/mol. The van der Waals surface area contributed by atoms with Gasteiger partial charge in [-0.05, 0) is 76.0 Å².